The van der Waals surface area contributed by atoms with Gasteiger partial charge in [0.2, 0.25) is 0 Å². The van der Waals surface area contributed by atoms with Crippen LogP contribution in [0, 0.1) is 17.0 Å². The normalized spacial score (nSPS) is 10.7. The van der Waals surface area contributed by atoms with Crippen molar-refractivity contribution in [2.45, 2.75) is 26.7 Å². The highest BCUT2D eigenvalue weighted by Crippen LogP contribution is 2.33. The van der Waals surface area contributed by atoms with Crippen molar-refractivity contribution in [3.8, 4) is 11.8 Å². The fraction of sp³-hybridized carbons (Fsp3) is 0.286. The van der Waals surface area contributed by atoms with Crippen LogP contribution in [0.3, 0.4) is 0 Å². The summed E-state index contributed by atoms with van der Waals surface area (Å²) >= 11 is 6.19. The zero-order valence-corrected chi connectivity index (χ0v) is 12.6. The number of halogens is 1. The number of aryl methyl sites for hydroxylation is 1. The van der Waals surface area contributed by atoms with Crippen molar-refractivity contribution < 1.29 is 9.66 Å². The summed E-state index contributed by atoms with van der Waals surface area (Å²) in [5, 5.41) is 11.2. The smallest absolute Gasteiger partial charge is 0.322 e. The molecule has 0 amide bonds. The fourth-order valence-electron chi connectivity index (χ4n) is 1.78. The van der Waals surface area contributed by atoms with E-state index in [1.165, 1.54) is 0 Å². The van der Waals surface area contributed by atoms with Crippen LogP contribution in [-0.4, -0.2) is 14.9 Å². The number of benzene rings is 1. The Morgan fingerprint density at radius 1 is 1.29 bits per heavy atom. The van der Waals surface area contributed by atoms with Crippen molar-refractivity contribution in [1.29, 1.82) is 0 Å². The highest BCUT2D eigenvalue weighted by atomic mass is 35.5. The topological polar surface area (TPSA) is 78.2 Å². The molecular formula is C14H14ClN3O3. The second-order valence-corrected chi connectivity index (χ2v) is 5.28. The first kappa shape index (κ1) is 15.2. The molecule has 1 aromatic heterocycles. The van der Waals surface area contributed by atoms with Crippen LogP contribution in [0.15, 0.2) is 24.5 Å². The minimum absolute atomic E-state index is 0.0562. The quantitative estimate of drug-likeness (QED) is 0.623. The molecule has 0 aliphatic heterocycles. The van der Waals surface area contributed by atoms with E-state index in [0.717, 1.165) is 23.5 Å². The standard InChI is InChI=1S/C14H14ClN3O3/c1-8(2)11-5-13(9(3)4-12(11)15)21-14-16-6-10(7-17-14)18(19)20/h4-8H,1-3H3. The van der Waals surface area contributed by atoms with E-state index in [1.54, 1.807) is 0 Å². The van der Waals surface area contributed by atoms with Gasteiger partial charge in [0.15, 0.2) is 0 Å². The maximum absolute atomic E-state index is 10.6. The zero-order chi connectivity index (χ0) is 15.6. The van der Waals surface area contributed by atoms with E-state index in [-0.39, 0.29) is 17.6 Å². The summed E-state index contributed by atoms with van der Waals surface area (Å²) in [7, 11) is 0. The lowest BCUT2D eigenvalue weighted by molar-refractivity contribution is -0.385. The van der Waals surface area contributed by atoms with Crippen molar-refractivity contribution in [2.75, 3.05) is 0 Å². The van der Waals surface area contributed by atoms with Gasteiger partial charge in [0.1, 0.15) is 18.1 Å². The van der Waals surface area contributed by atoms with Gasteiger partial charge < -0.3 is 4.74 Å². The van der Waals surface area contributed by atoms with Gasteiger partial charge in [0.05, 0.1) is 4.92 Å². The maximum Gasteiger partial charge on any atom is 0.322 e. The Balaban J connectivity index is 2.30. The Labute approximate surface area is 126 Å². The predicted molar refractivity (Wildman–Crippen MR) is 79.0 cm³/mol. The molecule has 0 aliphatic rings. The summed E-state index contributed by atoms with van der Waals surface area (Å²) in [5.74, 6) is 0.829. The summed E-state index contributed by atoms with van der Waals surface area (Å²) in [6.45, 7) is 5.92. The number of hydrogen-bond acceptors (Lipinski definition) is 5. The average Bonchev–Trinajstić information content (AvgIpc) is 2.42. The maximum atomic E-state index is 10.6. The molecule has 2 rings (SSSR count). The summed E-state index contributed by atoms with van der Waals surface area (Å²) in [6.07, 6.45) is 2.22. The molecule has 0 N–H and O–H groups in total. The molecule has 1 heterocycles. The third kappa shape index (κ3) is 3.46. The van der Waals surface area contributed by atoms with Gasteiger partial charge in [-0.1, -0.05) is 25.4 Å². The summed E-state index contributed by atoms with van der Waals surface area (Å²) in [4.78, 5) is 17.6. The molecule has 110 valence electrons. The molecule has 0 unspecified atom stereocenters. The average molecular weight is 308 g/mol. The molecular weight excluding hydrogens is 294 g/mol. The summed E-state index contributed by atoms with van der Waals surface area (Å²) in [5.41, 5.74) is 1.61. The minimum atomic E-state index is -0.561. The molecule has 0 fully saturated rings. The molecule has 0 saturated heterocycles. The van der Waals surface area contributed by atoms with Crippen LogP contribution in [0.2, 0.25) is 5.02 Å². The lowest BCUT2D eigenvalue weighted by Crippen LogP contribution is -1.98. The van der Waals surface area contributed by atoms with E-state index in [9.17, 15) is 10.1 Å². The van der Waals surface area contributed by atoms with Crippen molar-refractivity contribution in [3.63, 3.8) is 0 Å². The zero-order valence-electron chi connectivity index (χ0n) is 11.8. The molecule has 1 aromatic carbocycles. The van der Waals surface area contributed by atoms with Crippen LogP contribution in [0.5, 0.6) is 11.8 Å². The van der Waals surface area contributed by atoms with Gasteiger partial charge in [-0.3, -0.25) is 10.1 Å². The van der Waals surface area contributed by atoms with Crippen LogP contribution in [-0.2, 0) is 0 Å². The van der Waals surface area contributed by atoms with E-state index >= 15 is 0 Å². The Morgan fingerprint density at radius 2 is 1.90 bits per heavy atom. The first-order chi connectivity index (χ1) is 9.88. The predicted octanol–water partition coefficient (Wildman–Crippen LogP) is 4.26. The molecule has 21 heavy (non-hydrogen) atoms. The van der Waals surface area contributed by atoms with Crippen LogP contribution in [0.1, 0.15) is 30.9 Å². The SMILES string of the molecule is Cc1cc(Cl)c(C(C)C)cc1Oc1ncc([N+](=O)[O-])cn1. The van der Waals surface area contributed by atoms with Crippen LogP contribution < -0.4 is 4.74 Å². The molecule has 0 saturated carbocycles. The van der Waals surface area contributed by atoms with Gasteiger partial charge in [-0.25, -0.2) is 0 Å². The highest BCUT2D eigenvalue weighted by molar-refractivity contribution is 6.31. The molecule has 7 heteroatoms. The van der Waals surface area contributed by atoms with Gasteiger partial charge >= 0.3 is 11.7 Å². The summed E-state index contributed by atoms with van der Waals surface area (Å²) in [6, 6.07) is 3.71. The van der Waals surface area contributed by atoms with Gasteiger partial charge in [-0.2, -0.15) is 9.97 Å². The van der Waals surface area contributed by atoms with E-state index in [1.807, 2.05) is 32.9 Å². The molecule has 0 spiro atoms. The van der Waals surface area contributed by atoms with Gasteiger partial charge in [0.25, 0.3) is 0 Å². The van der Waals surface area contributed by atoms with E-state index in [2.05, 4.69) is 9.97 Å². The third-order valence-electron chi connectivity index (χ3n) is 2.94. The first-order valence-electron chi connectivity index (χ1n) is 6.33. The number of hydrogen-bond donors (Lipinski definition) is 0. The first-order valence-corrected chi connectivity index (χ1v) is 6.70. The van der Waals surface area contributed by atoms with Crippen molar-refractivity contribution in [1.82, 2.24) is 9.97 Å². The molecule has 0 atom stereocenters. The van der Waals surface area contributed by atoms with Crippen LogP contribution in [0.25, 0.3) is 0 Å². The molecule has 0 aliphatic carbocycles. The molecule has 0 radical (unpaired) electrons. The minimum Gasteiger partial charge on any atom is -0.424 e. The number of nitrogens with zero attached hydrogens (tertiary/aromatic N) is 3. The Hall–Kier alpha value is -2.21. The lowest BCUT2D eigenvalue weighted by Gasteiger charge is -2.13. The van der Waals surface area contributed by atoms with Gasteiger partial charge in [0, 0.05) is 5.02 Å². The molecule has 0 bridgehead atoms. The number of ether oxygens (including phenoxy) is 1. The van der Waals surface area contributed by atoms with Crippen molar-refractivity contribution in [2.24, 2.45) is 0 Å². The lowest BCUT2D eigenvalue weighted by atomic mass is 10.0. The molecule has 2 aromatic rings. The molecule has 6 nitrogen and oxygen atoms in total. The second kappa shape index (κ2) is 6.05. The van der Waals surface area contributed by atoms with E-state index in [0.29, 0.717) is 10.8 Å². The Kier molecular flexibility index (Phi) is 4.37. The number of aromatic nitrogens is 2. The van der Waals surface area contributed by atoms with E-state index in [4.69, 9.17) is 16.3 Å². The van der Waals surface area contributed by atoms with Gasteiger partial charge in [-0.15, -0.1) is 0 Å². The van der Waals surface area contributed by atoms with Crippen LogP contribution >= 0.6 is 11.6 Å². The largest absolute Gasteiger partial charge is 0.424 e. The van der Waals surface area contributed by atoms with E-state index < -0.39 is 4.92 Å². The Bertz CT molecular complexity index is 672. The highest BCUT2D eigenvalue weighted by Gasteiger charge is 2.13. The van der Waals surface area contributed by atoms with Crippen molar-refractivity contribution >= 4 is 17.3 Å². The Morgan fingerprint density at radius 3 is 2.43 bits per heavy atom. The van der Waals surface area contributed by atoms with Crippen LogP contribution in [0.4, 0.5) is 5.69 Å². The number of nitro groups is 1. The second-order valence-electron chi connectivity index (χ2n) is 4.88. The van der Waals surface area contributed by atoms with Gasteiger partial charge in [-0.05, 0) is 36.1 Å². The number of rotatable bonds is 4. The monoisotopic (exact) mass is 307 g/mol. The van der Waals surface area contributed by atoms with Crippen molar-refractivity contribution in [3.05, 3.63) is 50.8 Å². The third-order valence-corrected chi connectivity index (χ3v) is 3.27. The summed E-state index contributed by atoms with van der Waals surface area (Å²) < 4.78 is 5.59. The fourth-order valence-corrected chi connectivity index (χ4v) is 2.21.